The average molecular weight is 538 g/mol. The number of hydrazine groups is 1. The molecule has 12 nitrogen and oxygen atoms in total. The molecule has 0 aliphatic rings. The first-order chi connectivity index (χ1) is 18.7. The summed E-state index contributed by atoms with van der Waals surface area (Å²) in [6.07, 6.45) is 16.8. The second-order valence-electron chi connectivity index (χ2n) is 8.67. The van der Waals surface area contributed by atoms with Gasteiger partial charge in [-0.05, 0) is 57.9 Å². The summed E-state index contributed by atoms with van der Waals surface area (Å²) in [6.45, 7) is 7.75. The molecule has 38 heavy (non-hydrogen) atoms. The summed E-state index contributed by atoms with van der Waals surface area (Å²) < 4.78 is 9.36. The molecule has 0 saturated carbocycles. The van der Waals surface area contributed by atoms with Crippen LogP contribution in [0.2, 0.25) is 0 Å². The molecule has 0 heterocycles. The fraction of sp³-hybridized carbons (Fsp3) is 0.769. The number of hydroxylamine groups is 1. The van der Waals surface area contributed by atoms with Gasteiger partial charge in [0.15, 0.2) is 0 Å². The highest BCUT2D eigenvalue weighted by Gasteiger charge is 2.14. The van der Waals surface area contributed by atoms with Crippen molar-refractivity contribution in [1.29, 1.82) is 10.5 Å². The highest BCUT2D eigenvalue weighted by atomic mass is 16.7. The fourth-order valence-corrected chi connectivity index (χ4v) is 3.50. The molecule has 0 aromatic carbocycles. The third kappa shape index (κ3) is 23.3. The minimum absolute atomic E-state index is 0.191. The zero-order valence-electron chi connectivity index (χ0n) is 22.8. The first-order valence-electron chi connectivity index (χ1n) is 13.7. The van der Waals surface area contributed by atoms with Gasteiger partial charge in [0.25, 0.3) is 12.5 Å². The largest absolute Gasteiger partial charge is 0.428 e. The number of nitriles is 2. The lowest BCUT2D eigenvalue weighted by Gasteiger charge is -2.31. The van der Waals surface area contributed by atoms with E-state index in [4.69, 9.17) is 15.4 Å². The number of hydrogen-bond acceptors (Lipinski definition) is 9. The maximum Gasteiger partial charge on any atom is 0.315 e. The van der Waals surface area contributed by atoms with Crippen molar-refractivity contribution in [3.05, 3.63) is 12.7 Å². The number of ether oxygens (including phenoxy) is 2. The Kier molecular flexibility index (Phi) is 26.2. The zero-order chi connectivity index (χ0) is 27.9. The first-order valence-corrected chi connectivity index (χ1v) is 13.7. The molecule has 0 atom stereocenters. The third-order valence-electron chi connectivity index (χ3n) is 5.56. The molecular formula is C26H47N7O5. The smallest absolute Gasteiger partial charge is 0.315 e. The summed E-state index contributed by atoms with van der Waals surface area (Å²) in [5.41, 5.74) is 0. The highest BCUT2D eigenvalue weighted by Crippen LogP contribution is 2.08. The molecule has 0 fully saturated rings. The van der Waals surface area contributed by atoms with Crippen LogP contribution in [-0.4, -0.2) is 75.3 Å². The number of carbonyl (C=O) groups excluding carboxylic acids is 2. The quantitative estimate of drug-likeness (QED) is 0.0341. The molecular weight excluding hydrogens is 490 g/mol. The van der Waals surface area contributed by atoms with Gasteiger partial charge in [-0.2, -0.15) is 10.5 Å². The molecule has 0 radical (unpaired) electrons. The van der Waals surface area contributed by atoms with Gasteiger partial charge < -0.3 is 20.1 Å². The number of amides is 3. The minimum Gasteiger partial charge on any atom is -0.428 e. The fourth-order valence-electron chi connectivity index (χ4n) is 3.50. The molecule has 0 aliphatic heterocycles. The van der Waals surface area contributed by atoms with E-state index in [1.54, 1.807) is 28.8 Å². The van der Waals surface area contributed by atoms with E-state index >= 15 is 0 Å². The van der Waals surface area contributed by atoms with Gasteiger partial charge in [0.05, 0.1) is 0 Å². The third-order valence-corrected chi connectivity index (χ3v) is 5.56. The molecule has 216 valence electrons. The van der Waals surface area contributed by atoms with Crippen LogP contribution >= 0.6 is 0 Å². The van der Waals surface area contributed by atoms with E-state index in [2.05, 4.69) is 32.0 Å². The zero-order valence-corrected chi connectivity index (χ0v) is 22.8. The van der Waals surface area contributed by atoms with Gasteiger partial charge in [-0.1, -0.05) is 36.9 Å². The predicted octanol–water partition coefficient (Wildman–Crippen LogP) is 3.30. The number of carbonyl (C=O) groups is 2. The van der Waals surface area contributed by atoms with Crippen molar-refractivity contribution < 1.29 is 23.9 Å². The van der Waals surface area contributed by atoms with E-state index < -0.39 is 0 Å². The Balaban J connectivity index is 4.29. The average Bonchev–Trinajstić information content (AvgIpc) is 2.93. The Morgan fingerprint density at radius 2 is 1.37 bits per heavy atom. The number of urea groups is 1. The maximum absolute atomic E-state index is 11.8. The molecule has 3 amide bonds. The molecule has 12 heteroatoms. The van der Waals surface area contributed by atoms with Crippen molar-refractivity contribution in [3.63, 3.8) is 0 Å². The Bertz CT molecular complexity index is 669. The number of rotatable bonds is 28. The molecule has 0 saturated heterocycles. The Hall–Kier alpha value is -3.06. The van der Waals surface area contributed by atoms with E-state index in [-0.39, 0.29) is 6.03 Å². The van der Waals surface area contributed by atoms with Gasteiger partial charge in [-0.15, -0.1) is 6.58 Å². The van der Waals surface area contributed by atoms with Crippen LogP contribution in [0.25, 0.3) is 0 Å². The summed E-state index contributed by atoms with van der Waals surface area (Å²) in [7, 11) is 0. The van der Waals surface area contributed by atoms with Crippen LogP contribution in [0.5, 0.6) is 0 Å². The van der Waals surface area contributed by atoms with E-state index in [0.29, 0.717) is 46.1 Å². The van der Waals surface area contributed by atoms with Gasteiger partial charge in [0.2, 0.25) is 6.41 Å². The van der Waals surface area contributed by atoms with Gasteiger partial charge in [-0.3, -0.25) is 20.0 Å². The van der Waals surface area contributed by atoms with Crippen LogP contribution in [0.15, 0.2) is 12.7 Å². The number of nitrogens with zero attached hydrogens (tertiary/aromatic N) is 4. The normalized spacial score (nSPS) is 10.3. The Morgan fingerprint density at radius 3 is 1.97 bits per heavy atom. The van der Waals surface area contributed by atoms with Gasteiger partial charge in [-0.25, -0.2) is 4.79 Å². The maximum atomic E-state index is 11.8. The van der Waals surface area contributed by atoms with E-state index in [1.807, 2.05) is 0 Å². The molecule has 0 bridgehead atoms. The lowest BCUT2D eigenvalue weighted by atomic mass is 10.2. The van der Waals surface area contributed by atoms with Crippen molar-refractivity contribution >= 4 is 12.4 Å². The SMILES string of the molecule is C=CCNC(=O)NCCCCCCN(OCNCCCCCCOC#N)N(C=O)CCCCCCOC#N. The van der Waals surface area contributed by atoms with Crippen LogP contribution in [0, 0.1) is 23.0 Å². The molecule has 0 unspecified atom stereocenters. The van der Waals surface area contributed by atoms with E-state index in [0.717, 1.165) is 90.0 Å². The Labute approximate surface area is 228 Å². The van der Waals surface area contributed by atoms with Gasteiger partial charge in [0.1, 0.15) is 19.9 Å². The summed E-state index contributed by atoms with van der Waals surface area (Å²) in [6, 6.07) is -0.191. The second kappa shape index (κ2) is 28.5. The summed E-state index contributed by atoms with van der Waals surface area (Å²) >= 11 is 0. The lowest BCUT2D eigenvalue weighted by molar-refractivity contribution is -0.273. The number of nitrogens with one attached hydrogen (secondary N) is 3. The minimum atomic E-state index is -0.191. The topological polar surface area (TPSA) is 152 Å². The molecule has 0 spiro atoms. The number of hydrogen-bond donors (Lipinski definition) is 3. The highest BCUT2D eigenvalue weighted by molar-refractivity contribution is 5.73. The van der Waals surface area contributed by atoms with Crippen LogP contribution < -0.4 is 16.0 Å². The molecule has 3 N–H and O–H groups in total. The predicted molar refractivity (Wildman–Crippen MR) is 144 cm³/mol. The summed E-state index contributed by atoms with van der Waals surface area (Å²) in [5.74, 6) is 0. The molecule has 0 aromatic rings. The van der Waals surface area contributed by atoms with Crippen LogP contribution in [-0.2, 0) is 19.1 Å². The summed E-state index contributed by atoms with van der Waals surface area (Å²) in [5, 5.41) is 28.7. The van der Waals surface area contributed by atoms with Crippen LogP contribution in [0.1, 0.15) is 77.0 Å². The van der Waals surface area contributed by atoms with Crippen LogP contribution in [0.3, 0.4) is 0 Å². The van der Waals surface area contributed by atoms with Crippen LogP contribution in [0.4, 0.5) is 4.79 Å². The molecule has 0 aliphatic carbocycles. The van der Waals surface area contributed by atoms with Crippen molar-refractivity contribution in [3.8, 4) is 12.5 Å². The second-order valence-corrected chi connectivity index (χ2v) is 8.67. The van der Waals surface area contributed by atoms with Gasteiger partial charge in [0, 0.05) is 26.2 Å². The van der Waals surface area contributed by atoms with E-state index in [1.165, 1.54) is 0 Å². The van der Waals surface area contributed by atoms with Crippen molar-refractivity contribution in [2.24, 2.45) is 0 Å². The monoisotopic (exact) mass is 537 g/mol. The summed E-state index contributed by atoms with van der Waals surface area (Å²) in [4.78, 5) is 29.2. The van der Waals surface area contributed by atoms with E-state index in [9.17, 15) is 9.59 Å². The standard InChI is InChI=1S/C26H47N7O5/c1-2-15-30-26(35)31-17-10-3-5-12-19-33(32(25-34)18-11-6-8-14-21-37-23-28)38-24-29-16-9-4-7-13-20-36-22-27/h2,25,29H,1,3-21,24H2,(H2,30,31,35). The molecule has 0 rings (SSSR count). The van der Waals surface area contributed by atoms with Crippen molar-refractivity contribution in [2.45, 2.75) is 77.0 Å². The first kappa shape index (κ1) is 34.9. The Morgan fingerprint density at radius 1 is 0.789 bits per heavy atom. The van der Waals surface area contributed by atoms with Crippen molar-refractivity contribution in [2.75, 3.05) is 52.7 Å². The van der Waals surface area contributed by atoms with Gasteiger partial charge >= 0.3 is 6.03 Å². The van der Waals surface area contributed by atoms with Crippen molar-refractivity contribution in [1.82, 2.24) is 26.1 Å². The molecule has 0 aromatic heterocycles. The lowest BCUT2D eigenvalue weighted by Crippen LogP contribution is -2.44. The number of unbranched alkanes of at least 4 members (excludes halogenated alkanes) is 9.